The molecule has 0 radical (unpaired) electrons. The first kappa shape index (κ1) is 16.9. The Morgan fingerprint density at radius 2 is 1.95 bits per heavy atom. The van der Waals surface area contributed by atoms with Gasteiger partial charge in [-0.05, 0) is 13.0 Å². The van der Waals surface area contributed by atoms with E-state index in [4.69, 9.17) is 14.2 Å². The number of benzene rings is 1. The predicted octanol–water partition coefficient (Wildman–Crippen LogP) is 2.37. The summed E-state index contributed by atoms with van der Waals surface area (Å²) in [7, 11) is 3.29. The number of nitrogens with one attached hydrogen (secondary N) is 1. The summed E-state index contributed by atoms with van der Waals surface area (Å²) in [5, 5.41) is 3.19. The number of hydrogen-bond donors (Lipinski definition) is 1. The summed E-state index contributed by atoms with van der Waals surface area (Å²) in [6, 6.07) is 4.97. The van der Waals surface area contributed by atoms with Gasteiger partial charge >= 0.3 is 0 Å². The van der Waals surface area contributed by atoms with Gasteiger partial charge in [-0.15, -0.1) is 0 Å². The number of halogens is 1. The Hall–Kier alpha value is -1.17. The molecule has 1 rings (SSSR count). The molecule has 5 heteroatoms. The maximum absolute atomic E-state index is 13.9. The van der Waals surface area contributed by atoms with Crippen LogP contribution >= 0.6 is 0 Å². The molecule has 0 fully saturated rings. The molecular formula is C15H24FNO3. The van der Waals surface area contributed by atoms with Crippen LogP contribution in [0.15, 0.2) is 18.2 Å². The lowest BCUT2D eigenvalue weighted by molar-refractivity contribution is 0.131. The first-order chi connectivity index (χ1) is 9.69. The molecule has 1 atom stereocenters. The van der Waals surface area contributed by atoms with Crippen LogP contribution in [0.3, 0.4) is 0 Å². The fourth-order valence-electron chi connectivity index (χ4n) is 1.77. The Kier molecular flexibility index (Phi) is 8.18. The van der Waals surface area contributed by atoms with Gasteiger partial charge in [0.15, 0.2) is 11.6 Å². The lowest BCUT2D eigenvalue weighted by atomic mass is 10.2. The lowest BCUT2D eigenvalue weighted by Gasteiger charge is -2.18. The van der Waals surface area contributed by atoms with Crippen LogP contribution in [0.25, 0.3) is 0 Å². The van der Waals surface area contributed by atoms with Gasteiger partial charge in [0.2, 0.25) is 0 Å². The Labute approximate surface area is 120 Å². The Bertz CT molecular complexity index is 387. The van der Waals surface area contributed by atoms with Crippen LogP contribution in [0.2, 0.25) is 0 Å². The van der Waals surface area contributed by atoms with Gasteiger partial charge in [0.25, 0.3) is 0 Å². The molecule has 0 aliphatic heterocycles. The van der Waals surface area contributed by atoms with Crippen molar-refractivity contribution < 1.29 is 18.6 Å². The molecule has 0 bridgehead atoms. The van der Waals surface area contributed by atoms with Crippen molar-refractivity contribution >= 4 is 0 Å². The van der Waals surface area contributed by atoms with Gasteiger partial charge < -0.3 is 19.5 Å². The number of hydrogen-bond acceptors (Lipinski definition) is 4. The second kappa shape index (κ2) is 9.69. The maximum atomic E-state index is 13.9. The lowest BCUT2D eigenvalue weighted by Crippen LogP contribution is -2.21. The second-order valence-electron chi connectivity index (χ2n) is 4.61. The molecule has 20 heavy (non-hydrogen) atoms. The van der Waals surface area contributed by atoms with Crippen LogP contribution in [0.4, 0.5) is 4.39 Å². The van der Waals surface area contributed by atoms with Crippen molar-refractivity contribution in [3.8, 4) is 5.75 Å². The van der Waals surface area contributed by atoms with Gasteiger partial charge in [0, 0.05) is 45.9 Å². The van der Waals surface area contributed by atoms with Gasteiger partial charge in [-0.1, -0.05) is 12.1 Å². The number of rotatable bonds is 10. The average Bonchev–Trinajstić information content (AvgIpc) is 2.44. The third kappa shape index (κ3) is 5.86. The minimum Gasteiger partial charge on any atom is -0.487 e. The zero-order valence-electron chi connectivity index (χ0n) is 12.4. The standard InChI is InChI=1S/C15H24FNO3/c1-12(7-9-18-2)20-15-13(5-4-6-14(15)16)11-17-8-10-19-3/h4-6,12,17H,7-11H2,1-3H3. The van der Waals surface area contributed by atoms with Crippen LogP contribution in [0.1, 0.15) is 18.9 Å². The topological polar surface area (TPSA) is 39.7 Å². The number of para-hydroxylation sites is 1. The van der Waals surface area contributed by atoms with E-state index in [1.54, 1.807) is 20.3 Å². The molecule has 0 aliphatic rings. The molecular weight excluding hydrogens is 261 g/mol. The fraction of sp³-hybridized carbons (Fsp3) is 0.600. The highest BCUT2D eigenvalue weighted by Gasteiger charge is 2.13. The Balaban J connectivity index is 2.62. The van der Waals surface area contributed by atoms with Crippen LogP contribution < -0.4 is 10.1 Å². The van der Waals surface area contributed by atoms with Gasteiger partial charge in [-0.3, -0.25) is 0 Å². The Morgan fingerprint density at radius 1 is 1.20 bits per heavy atom. The van der Waals surface area contributed by atoms with Crippen LogP contribution in [0, 0.1) is 5.82 Å². The summed E-state index contributed by atoms with van der Waals surface area (Å²) in [6.07, 6.45) is 0.631. The SMILES string of the molecule is COCCNCc1cccc(F)c1OC(C)CCOC. The monoisotopic (exact) mass is 285 g/mol. The molecule has 1 N–H and O–H groups in total. The number of methoxy groups -OCH3 is 2. The third-order valence-corrected chi connectivity index (χ3v) is 2.89. The van der Waals surface area contributed by atoms with Crippen molar-refractivity contribution in [3.63, 3.8) is 0 Å². The zero-order chi connectivity index (χ0) is 14.8. The van der Waals surface area contributed by atoms with Crippen molar-refractivity contribution in [2.75, 3.05) is 34.0 Å². The van der Waals surface area contributed by atoms with E-state index in [2.05, 4.69) is 5.32 Å². The van der Waals surface area contributed by atoms with E-state index in [-0.39, 0.29) is 11.9 Å². The summed E-state index contributed by atoms with van der Waals surface area (Å²) in [6.45, 7) is 4.39. The molecule has 4 nitrogen and oxygen atoms in total. The van der Waals surface area contributed by atoms with Crippen molar-refractivity contribution in [2.24, 2.45) is 0 Å². The normalized spacial score (nSPS) is 12.4. The average molecular weight is 285 g/mol. The molecule has 0 spiro atoms. The summed E-state index contributed by atoms with van der Waals surface area (Å²) in [5.41, 5.74) is 0.811. The summed E-state index contributed by atoms with van der Waals surface area (Å²) >= 11 is 0. The molecule has 0 aliphatic carbocycles. The van der Waals surface area contributed by atoms with Crippen molar-refractivity contribution in [3.05, 3.63) is 29.6 Å². The predicted molar refractivity (Wildman–Crippen MR) is 76.6 cm³/mol. The Morgan fingerprint density at radius 3 is 2.65 bits per heavy atom. The second-order valence-corrected chi connectivity index (χ2v) is 4.61. The van der Waals surface area contributed by atoms with E-state index in [1.807, 2.05) is 13.0 Å². The highest BCUT2D eigenvalue weighted by molar-refractivity contribution is 5.35. The summed E-state index contributed by atoms with van der Waals surface area (Å²) in [4.78, 5) is 0. The van der Waals surface area contributed by atoms with Crippen molar-refractivity contribution in [2.45, 2.75) is 26.0 Å². The molecule has 0 saturated heterocycles. The highest BCUT2D eigenvalue weighted by Crippen LogP contribution is 2.24. The highest BCUT2D eigenvalue weighted by atomic mass is 19.1. The van der Waals surface area contributed by atoms with E-state index in [0.717, 1.165) is 12.0 Å². The van der Waals surface area contributed by atoms with Crippen molar-refractivity contribution in [1.29, 1.82) is 0 Å². The van der Waals surface area contributed by atoms with Gasteiger partial charge in [-0.25, -0.2) is 4.39 Å². The summed E-state index contributed by atoms with van der Waals surface area (Å²) < 4.78 is 29.6. The van der Waals surface area contributed by atoms with Gasteiger partial charge in [-0.2, -0.15) is 0 Å². The molecule has 1 unspecified atom stereocenters. The van der Waals surface area contributed by atoms with Crippen LogP contribution in [0.5, 0.6) is 5.75 Å². The fourth-order valence-corrected chi connectivity index (χ4v) is 1.77. The molecule has 1 aromatic carbocycles. The minimum absolute atomic E-state index is 0.0930. The third-order valence-electron chi connectivity index (χ3n) is 2.89. The first-order valence-corrected chi connectivity index (χ1v) is 6.81. The van der Waals surface area contributed by atoms with E-state index >= 15 is 0 Å². The zero-order valence-corrected chi connectivity index (χ0v) is 12.4. The molecule has 0 amide bonds. The van der Waals surface area contributed by atoms with Gasteiger partial charge in [0.05, 0.1) is 12.7 Å². The van der Waals surface area contributed by atoms with Crippen LogP contribution in [-0.4, -0.2) is 40.1 Å². The summed E-state index contributed by atoms with van der Waals surface area (Å²) in [5.74, 6) is -0.0127. The largest absolute Gasteiger partial charge is 0.487 e. The van der Waals surface area contributed by atoms with E-state index < -0.39 is 0 Å². The van der Waals surface area contributed by atoms with E-state index in [0.29, 0.717) is 32.1 Å². The number of ether oxygens (including phenoxy) is 3. The van der Waals surface area contributed by atoms with E-state index in [1.165, 1.54) is 6.07 Å². The maximum Gasteiger partial charge on any atom is 0.165 e. The quantitative estimate of drug-likeness (QED) is 0.670. The first-order valence-electron chi connectivity index (χ1n) is 6.81. The smallest absolute Gasteiger partial charge is 0.165 e. The minimum atomic E-state index is -0.333. The van der Waals surface area contributed by atoms with Crippen LogP contribution in [-0.2, 0) is 16.0 Å². The molecule has 114 valence electrons. The molecule has 1 aromatic rings. The van der Waals surface area contributed by atoms with E-state index in [9.17, 15) is 4.39 Å². The molecule has 0 heterocycles. The molecule has 0 aromatic heterocycles. The van der Waals surface area contributed by atoms with Crippen molar-refractivity contribution in [1.82, 2.24) is 5.32 Å². The van der Waals surface area contributed by atoms with Gasteiger partial charge in [0.1, 0.15) is 0 Å². The molecule has 0 saturated carbocycles.